The number of hydrogen-bond acceptors (Lipinski definition) is 3. The number of carbonyl (C=O) groups excluding carboxylic acids is 1. The summed E-state index contributed by atoms with van der Waals surface area (Å²) in [5.74, 6) is 1.61. The van der Waals surface area contributed by atoms with Crippen LogP contribution in [0.1, 0.15) is 71.6 Å². The number of Topliss-reactive ketones (excluding diaryl/α,β-unsaturated/α-hetero) is 1. The summed E-state index contributed by atoms with van der Waals surface area (Å²) in [6.07, 6.45) is 10.1. The van der Waals surface area contributed by atoms with Crippen LogP contribution in [0.4, 0.5) is 0 Å². The van der Waals surface area contributed by atoms with E-state index in [-0.39, 0.29) is 34.1 Å². The molecule has 3 nitrogen and oxygen atoms in total. The molecule has 5 aliphatic carbocycles. The number of fused-ring (bicyclic) bond motifs is 3. The Morgan fingerprint density at radius 3 is 2.58 bits per heavy atom. The molecule has 0 spiro atoms. The van der Waals surface area contributed by atoms with E-state index < -0.39 is 5.60 Å². The lowest BCUT2D eigenvalue weighted by Crippen LogP contribution is -2.58. The second-order valence-electron chi connectivity index (χ2n) is 10.0. The van der Waals surface area contributed by atoms with Crippen LogP contribution in [-0.4, -0.2) is 29.7 Å². The summed E-state index contributed by atoms with van der Waals surface area (Å²) in [5.41, 5.74) is -1.01. The first kappa shape index (κ1) is 15.8. The van der Waals surface area contributed by atoms with E-state index in [4.69, 9.17) is 4.74 Å². The van der Waals surface area contributed by atoms with Gasteiger partial charge in [0.25, 0.3) is 0 Å². The first-order valence-electron chi connectivity index (χ1n) is 10.1. The summed E-state index contributed by atoms with van der Waals surface area (Å²) in [4.78, 5) is 13.1. The van der Waals surface area contributed by atoms with Gasteiger partial charge in [0.1, 0.15) is 11.4 Å². The number of hydrogen-bond donors (Lipinski definition) is 1. The van der Waals surface area contributed by atoms with Gasteiger partial charge in [0.15, 0.2) is 0 Å². The molecule has 1 N–H and O–H groups in total. The van der Waals surface area contributed by atoms with Gasteiger partial charge in [-0.3, -0.25) is 4.79 Å². The fourth-order valence-corrected chi connectivity index (χ4v) is 9.22. The monoisotopic (exact) mass is 332 g/mol. The molecule has 5 fully saturated rings. The number of ether oxygens (including phenoxy) is 1. The van der Waals surface area contributed by atoms with Crippen LogP contribution in [0.15, 0.2) is 0 Å². The molecule has 5 saturated carbocycles. The van der Waals surface area contributed by atoms with E-state index in [2.05, 4.69) is 13.8 Å². The Balaban J connectivity index is 1.73. The normalized spacial score (nSPS) is 61.6. The summed E-state index contributed by atoms with van der Waals surface area (Å²) in [7, 11) is 1.68. The van der Waals surface area contributed by atoms with Gasteiger partial charge in [0.05, 0.1) is 12.0 Å². The van der Waals surface area contributed by atoms with Crippen molar-refractivity contribution in [1.82, 2.24) is 0 Å². The third-order valence-corrected chi connectivity index (χ3v) is 10.2. The minimum atomic E-state index is -0.946. The minimum absolute atomic E-state index is 0.0272. The summed E-state index contributed by atoms with van der Waals surface area (Å²) < 4.78 is 5.73. The number of ketones is 1. The van der Waals surface area contributed by atoms with Gasteiger partial charge in [0, 0.05) is 18.9 Å². The molecular formula is C21H32O3. The van der Waals surface area contributed by atoms with Gasteiger partial charge in [-0.05, 0) is 54.8 Å². The van der Waals surface area contributed by atoms with Crippen LogP contribution >= 0.6 is 0 Å². The van der Waals surface area contributed by atoms with Crippen molar-refractivity contribution in [3.8, 4) is 0 Å². The Bertz CT molecular complexity index is 602. The number of rotatable bonds is 1. The highest BCUT2D eigenvalue weighted by atomic mass is 16.5. The molecular weight excluding hydrogens is 300 g/mol. The van der Waals surface area contributed by atoms with Crippen LogP contribution in [0.3, 0.4) is 0 Å². The predicted octanol–water partition coefficient (Wildman–Crippen LogP) is 3.73. The fourth-order valence-electron chi connectivity index (χ4n) is 9.22. The first-order valence-corrected chi connectivity index (χ1v) is 10.1. The zero-order chi connectivity index (χ0) is 17.0. The van der Waals surface area contributed by atoms with Crippen molar-refractivity contribution in [3.05, 3.63) is 0 Å². The molecule has 8 atom stereocenters. The number of aliphatic hydroxyl groups is 1. The number of carbonyl (C=O) groups is 1. The van der Waals surface area contributed by atoms with Crippen molar-refractivity contribution in [2.75, 3.05) is 7.11 Å². The summed E-state index contributed by atoms with van der Waals surface area (Å²) in [6.45, 7) is 4.79. The molecule has 24 heavy (non-hydrogen) atoms. The van der Waals surface area contributed by atoms with Gasteiger partial charge >= 0.3 is 0 Å². The van der Waals surface area contributed by atoms with Crippen molar-refractivity contribution in [1.29, 1.82) is 0 Å². The molecule has 0 aliphatic heterocycles. The molecule has 5 aliphatic rings. The van der Waals surface area contributed by atoms with E-state index in [1.807, 2.05) is 0 Å². The molecule has 0 saturated heterocycles. The Labute approximate surface area is 145 Å². The smallest absolute Gasteiger partial charge is 0.142 e. The van der Waals surface area contributed by atoms with E-state index in [1.165, 1.54) is 32.1 Å². The van der Waals surface area contributed by atoms with Crippen molar-refractivity contribution < 1.29 is 14.6 Å². The third kappa shape index (κ3) is 1.28. The Hall–Kier alpha value is -0.410. The van der Waals surface area contributed by atoms with Crippen molar-refractivity contribution in [2.24, 2.45) is 34.0 Å². The molecule has 2 bridgehead atoms. The third-order valence-electron chi connectivity index (χ3n) is 10.2. The van der Waals surface area contributed by atoms with Crippen molar-refractivity contribution in [3.63, 3.8) is 0 Å². The minimum Gasteiger partial charge on any atom is -0.386 e. The molecule has 0 radical (unpaired) electrons. The molecule has 5 rings (SSSR count). The summed E-state index contributed by atoms with van der Waals surface area (Å²) in [6, 6.07) is 0. The highest BCUT2D eigenvalue weighted by Gasteiger charge is 2.87. The van der Waals surface area contributed by atoms with Gasteiger partial charge in [-0.1, -0.05) is 33.1 Å². The lowest BCUT2D eigenvalue weighted by molar-refractivity contribution is -0.181. The van der Waals surface area contributed by atoms with Crippen LogP contribution in [0.5, 0.6) is 0 Å². The van der Waals surface area contributed by atoms with Gasteiger partial charge in [-0.15, -0.1) is 0 Å². The average Bonchev–Trinajstić information content (AvgIpc) is 3.04. The second-order valence-corrected chi connectivity index (χ2v) is 10.0. The van der Waals surface area contributed by atoms with Crippen LogP contribution < -0.4 is 0 Å². The van der Waals surface area contributed by atoms with Crippen molar-refractivity contribution in [2.45, 2.75) is 83.3 Å². The van der Waals surface area contributed by atoms with E-state index in [1.54, 1.807) is 7.11 Å². The average molecular weight is 332 g/mol. The molecule has 0 aromatic heterocycles. The molecule has 0 unspecified atom stereocenters. The standard InChI is InChI=1S/C21H32O3/c1-18-10-11-20(17-15(22)12-16(24-3)21(17,18)23)9-8-13-6-4-5-7-14(13)19(18,20)2/h13-14,16-17,23H,4-12H2,1-3H3/t13-,14-,16-,17+,18+,19-,20+,21-/m1/s1. The maximum atomic E-state index is 13.1. The Morgan fingerprint density at radius 1 is 1.08 bits per heavy atom. The lowest BCUT2D eigenvalue weighted by atomic mass is 9.45. The largest absolute Gasteiger partial charge is 0.386 e. The molecule has 0 amide bonds. The van der Waals surface area contributed by atoms with Gasteiger partial charge < -0.3 is 9.84 Å². The molecule has 134 valence electrons. The van der Waals surface area contributed by atoms with Gasteiger partial charge in [0.2, 0.25) is 0 Å². The molecule has 0 aromatic rings. The zero-order valence-corrected chi connectivity index (χ0v) is 15.4. The van der Waals surface area contributed by atoms with E-state index in [0.717, 1.165) is 25.2 Å². The zero-order valence-electron chi connectivity index (χ0n) is 15.4. The number of methoxy groups -OCH3 is 1. The van der Waals surface area contributed by atoms with E-state index in [9.17, 15) is 9.90 Å². The van der Waals surface area contributed by atoms with Crippen LogP contribution in [0, 0.1) is 34.0 Å². The maximum absolute atomic E-state index is 13.1. The van der Waals surface area contributed by atoms with Gasteiger partial charge in [-0.2, -0.15) is 0 Å². The summed E-state index contributed by atoms with van der Waals surface area (Å²) >= 11 is 0. The second kappa shape index (κ2) is 4.46. The van der Waals surface area contributed by atoms with Crippen LogP contribution in [0.2, 0.25) is 0 Å². The highest BCUT2D eigenvalue weighted by Crippen LogP contribution is 2.86. The predicted molar refractivity (Wildman–Crippen MR) is 91.4 cm³/mol. The quantitative estimate of drug-likeness (QED) is 0.796. The summed E-state index contributed by atoms with van der Waals surface area (Å²) in [5, 5.41) is 12.0. The lowest BCUT2D eigenvalue weighted by Gasteiger charge is -2.59. The fraction of sp³-hybridized carbons (Fsp3) is 0.952. The highest BCUT2D eigenvalue weighted by molar-refractivity contribution is 5.88. The first-order chi connectivity index (χ1) is 11.4. The maximum Gasteiger partial charge on any atom is 0.142 e. The molecule has 0 heterocycles. The van der Waals surface area contributed by atoms with E-state index >= 15 is 0 Å². The molecule has 3 heteroatoms. The van der Waals surface area contributed by atoms with Crippen molar-refractivity contribution >= 4 is 5.78 Å². The SMILES string of the molecule is CO[C@@H]1CC(=O)[C@H]2[C@@]34CC[C@H]5CCCC[C@H]5[C@]3(C)[C@](C)(CC4)[C@@]12O. The van der Waals surface area contributed by atoms with Gasteiger partial charge in [-0.25, -0.2) is 0 Å². The van der Waals surface area contributed by atoms with Crippen LogP contribution in [0.25, 0.3) is 0 Å². The van der Waals surface area contributed by atoms with Crippen LogP contribution in [-0.2, 0) is 9.53 Å². The molecule has 0 aromatic carbocycles. The van der Waals surface area contributed by atoms with E-state index in [0.29, 0.717) is 12.3 Å². The Kier molecular flexibility index (Phi) is 2.94. The topological polar surface area (TPSA) is 46.5 Å². The Morgan fingerprint density at radius 2 is 1.83 bits per heavy atom.